The third-order valence-corrected chi connectivity index (χ3v) is 6.24. The van der Waals surface area contributed by atoms with Crippen molar-refractivity contribution in [3.8, 4) is 6.07 Å². The molecule has 23 heavy (non-hydrogen) atoms. The van der Waals surface area contributed by atoms with Crippen molar-refractivity contribution in [3.63, 3.8) is 0 Å². The number of anilines is 1. The van der Waals surface area contributed by atoms with Gasteiger partial charge >= 0.3 is 0 Å². The van der Waals surface area contributed by atoms with E-state index in [4.69, 9.17) is 11.0 Å². The summed E-state index contributed by atoms with van der Waals surface area (Å²) in [5.74, 6) is 1.39. The van der Waals surface area contributed by atoms with Crippen molar-refractivity contribution in [2.24, 2.45) is 0 Å². The first-order valence-corrected chi connectivity index (χ1v) is 9.10. The lowest BCUT2D eigenvalue weighted by atomic mass is 9.87. The Morgan fingerprint density at radius 2 is 2.17 bits per heavy atom. The minimum Gasteiger partial charge on any atom is -0.384 e. The second kappa shape index (κ2) is 6.02. The summed E-state index contributed by atoms with van der Waals surface area (Å²) in [5.41, 5.74) is 8.53. The first-order chi connectivity index (χ1) is 10.9. The zero-order chi connectivity index (χ0) is 16.6. The molecule has 1 unspecified atom stereocenters. The Morgan fingerprint density at radius 3 is 2.91 bits per heavy atom. The maximum atomic E-state index is 8.98. The van der Waals surface area contributed by atoms with Crippen LogP contribution in [0.4, 0.5) is 5.82 Å². The van der Waals surface area contributed by atoms with Gasteiger partial charge in [-0.2, -0.15) is 5.26 Å². The molecular weight excluding hydrogens is 326 g/mol. The lowest BCUT2D eigenvalue weighted by molar-refractivity contribution is 0.601. The summed E-state index contributed by atoms with van der Waals surface area (Å²) in [4.78, 5) is 14.2. The third-order valence-electron chi connectivity index (χ3n) is 3.74. The number of hydrogen-bond donors (Lipinski definition) is 1. The Hall–Kier alpha value is -1.78. The fourth-order valence-corrected chi connectivity index (χ4v) is 4.60. The summed E-state index contributed by atoms with van der Waals surface area (Å²) in [7, 11) is 0. The van der Waals surface area contributed by atoms with E-state index in [9.17, 15) is 0 Å². The second-order valence-corrected chi connectivity index (χ2v) is 8.44. The Kier molecular flexibility index (Phi) is 4.21. The number of fused-ring (bicyclic) bond motifs is 1. The molecule has 2 aromatic rings. The maximum Gasteiger partial charge on any atom is 0.191 e. The van der Waals surface area contributed by atoms with Gasteiger partial charge in [0.25, 0.3) is 0 Å². The number of hydrogen-bond acceptors (Lipinski definition) is 7. The highest BCUT2D eigenvalue weighted by Gasteiger charge is 2.31. The van der Waals surface area contributed by atoms with Crippen molar-refractivity contribution in [3.05, 3.63) is 35.3 Å². The van der Waals surface area contributed by atoms with E-state index in [2.05, 4.69) is 41.8 Å². The van der Waals surface area contributed by atoms with Crippen LogP contribution in [0.1, 0.15) is 43.0 Å². The van der Waals surface area contributed by atoms with E-state index in [0.29, 0.717) is 11.0 Å². The molecule has 0 amide bonds. The number of thioether (sulfide) groups is 2. The molecule has 1 aliphatic heterocycles. The molecule has 0 radical (unpaired) electrons. The Bertz CT molecular complexity index is 798. The van der Waals surface area contributed by atoms with Gasteiger partial charge in [0.15, 0.2) is 5.16 Å². The van der Waals surface area contributed by atoms with Gasteiger partial charge in [-0.15, -0.1) is 11.8 Å². The SMILES string of the molecule is CC(Sc1nc(N)cc(C#N)n1)c1cc2c(cn1)SCC2(C)C. The zero-order valence-electron chi connectivity index (χ0n) is 13.2. The smallest absolute Gasteiger partial charge is 0.191 e. The van der Waals surface area contributed by atoms with Crippen LogP contribution in [-0.2, 0) is 5.41 Å². The maximum absolute atomic E-state index is 8.98. The number of nitrogen functional groups attached to an aromatic ring is 1. The van der Waals surface area contributed by atoms with Crippen LogP contribution in [0.2, 0.25) is 0 Å². The predicted molar refractivity (Wildman–Crippen MR) is 93.4 cm³/mol. The highest BCUT2D eigenvalue weighted by atomic mass is 32.2. The first-order valence-electron chi connectivity index (χ1n) is 7.23. The molecule has 0 aromatic carbocycles. The van der Waals surface area contributed by atoms with E-state index in [-0.39, 0.29) is 16.4 Å². The molecule has 0 aliphatic carbocycles. The molecule has 1 aliphatic rings. The van der Waals surface area contributed by atoms with E-state index in [1.165, 1.54) is 28.3 Å². The van der Waals surface area contributed by atoms with Gasteiger partial charge in [-0.05, 0) is 18.6 Å². The number of rotatable bonds is 3. The minimum atomic E-state index is 0.0787. The summed E-state index contributed by atoms with van der Waals surface area (Å²) >= 11 is 3.32. The van der Waals surface area contributed by atoms with Crippen molar-refractivity contribution in [2.45, 2.75) is 41.5 Å². The fourth-order valence-electron chi connectivity index (χ4n) is 2.43. The summed E-state index contributed by atoms with van der Waals surface area (Å²) in [6.45, 7) is 6.58. The standard InChI is InChI=1S/C16H17N5S2/c1-9(23-15-20-10(6-17)4-14(18)21-15)12-5-11-13(7-19-12)22-8-16(11,2)3/h4-5,7,9H,8H2,1-3H3,(H2,18,20,21). The van der Waals surface area contributed by atoms with Gasteiger partial charge < -0.3 is 5.73 Å². The largest absolute Gasteiger partial charge is 0.384 e. The third kappa shape index (κ3) is 3.28. The van der Waals surface area contributed by atoms with Gasteiger partial charge in [0.05, 0.1) is 10.9 Å². The van der Waals surface area contributed by atoms with Crippen molar-refractivity contribution < 1.29 is 0 Å². The molecule has 2 N–H and O–H groups in total. The summed E-state index contributed by atoms with van der Waals surface area (Å²) in [5, 5.41) is 9.56. The Labute approximate surface area is 144 Å². The van der Waals surface area contributed by atoms with Crippen LogP contribution in [0.25, 0.3) is 0 Å². The van der Waals surface area contributed by atoms with Gasteiger partial charge in [0.1, 0.15) is 17.6 Å². The lowest BCUT2D eigenvalue weighted by Crippen LogP contribution is -2.16. The number of nitrogens with zero attached hydrogens (tertiary/aromatic N) is 4. The molecule has 0 spiro atoms. The summed E-state index contributed by atoms with van der Waals surface area (Å²) < 4.78 is 0. The van der Waals surface area contributed by atoms with Gasteiger partial charge in [0, 0.05) is 28.3 Å². The lowest BCUT2D eigenvalue weighted by Gasteiger charge is -2.19. The summed E-state index contributed by atoms with van der Waals surface area (Å²) in [6, 6.07) is 5.66. The number of nitriles is 1. The Balaban J connectivity index is 1.86. The fraction of sp³-hybridized carbons (Fsp3) is 0.375. The van der Waals surface area contributed by atoms with Crippen LogP contribution < -0.4 is 5.73 Å². The predicted octanol–water partition coefficient (Wildman–Crippen LogP) is 3.56. The van der Waals surface area contributed by atoms with Crippen LogP contribution in [0.3, 0.4) is 0 Å². The molecule has 0 bridgehead atoms. The van der Waals surface area contributed by atoms with Crippen LogP contribution >= 0.6 is 23.5 Å². The van der Waals surface area contributed by atoms with Gasteiger partial charge in [-0.25, -0.2) is 9.97 Å². The van der Waals surface area contributed by atoms with Crippen molar-refractivity contribution in [2.75, 3.05) is 11.5 Å². The van der Waals surface area contributed by atoms with E-state index in [1.54, 1.807) is 0 Å². The van der Waals surface area contributed by atoms with Crippen LogP contribution in [0, 0.1) is 11.3 Å². The molecule has 1 atom stereocenters. The van der Waals surface area contributed by atoms with Gasteiger partial charge in [-0.3, -0.25) is 4.98 Å². The number of aromatic nitrogens is 3. The summed E-state index contributed by atoms with van der Waals surface area (Å²) in [6.07, 6.45) is 1.96. The average Bonchev–Trinajstić information content (AvgIpc) is 2.81. The van der Waals surface area contributed by atoms with E-state index in [0.717, 1.165) is 11.4 Å². The molecule has 0 saturated heterocycles. The van der Waals surface area contributed by atoms with Crippen molar-refractivity contribution in [1.29, 1.82) is 5.26 Å². The highest BCUT2D eigenvalue weighted by molar-refractivity contribution is 7.99. The highest BCUT2D eigenvalue weighted by Crippen LogP contribution is 2.44. The molecule has 0 saturated carbocycles. The van der Waals surface area contributed by atoms with Gasteiger partial charge in [-0.1, -0.05) is 25.6 Å². The normalized spacial score (nSPS) is 16.6. The first kappa shape index (κ1) is 16.1. The molecule has 7 heteroatoms. The molecule has 5 nitrogen and oxygen atoms in total. The van der Waals surface area contributed by atoms with Crippen molar-refractivity contribution in [1.82, 2.24) is 15.0 Å². The number of nitrogens with two attached hydrogens (primary N) is 1. The van der Waals surface area contributed by atoms with E-state index < -0.39 is 0 Å². The van der Waals surface area contributed by atoms with Gasteiger partial charge in [0.2, 0.25) is 0 Å². The monoisotopic (exact) mass is 343 g/mol. The quantitative estimate of drug-likeness (QED) is 0.673. The van der Waals surface area contributed by atoms with Crippen LogP contribution in [0.15, 0.2) is 28.4 Å². The Morgan fingerprint density at radius 1 is 1.39 bits per heavy atom. The minimum absolute atomic E-state index is 0.0787. The average molecular weight is 343 g/mol. The van der Waals surface area contributed by atoms with Crippen molar-refractivity contribution >= 4 is 29.3 Å². The second-order valence-electron chi connectivity index (χ2n) is 6.11. The topological polar surface area (TPSA) is 88.5 Å². The zero-order valence-corrected chi connectivity index (χ0v) is 14.8. The van der Waals surface area contributed by atoms with Crippen LogP contribution in [-0.4, -0.2) is 20.7 Å². The molecule has 118 valence electrons. The number of pyridine rings is 1. The molecule has 2 aromatic heterocycles. The molecule has 0 fully saturated rings. The van der Waals surface area contributed by atoms with Crippen LogP contribution in [0.5, 0.6) is 0 Å². The van der Waals surface area contributed by atoms with E-state index in [1.807, 2.05) is 24.0 Å². The molecule has 3 heterocycles. The molecular formula is C16H17N5S2. The molecule has 3 rings (SSSR count). The van der Waals surface area contributed by atoms with E-state index >= 15 is 0 Å².